The van der Waals surface area contributed by atoms with Crippen LogP contribution in [-0.2, 0) is 15.3 Å². The van der Waals surface area contributed by atoms with Crippen molar-refractivity contribution in [1.82, 2.24) is 4.98 Å². The van der Waals surface area contributed by atoms with Crippen molar-refractivity contribution < 1.29 is 14.3 Å². The zero-order valence-corrected chi connectivity index (χ0v) is 10.3. The molecule has 0 radical (unpaired) electrons. The summed E-state index contributed by atoms with van der Waals surface area (Å²) >= 11 is 1.37. The van der Waals surface area contributed by atoms with Crippen molar-refractivity contribution in [2.45, 2.75) is 32.5 Å². The molecule has 1 aromatic rings. The molecule has 1 aliphatic rings. The molecule has 1 fully saturated rings. The van der Waals surface area contributed by atoms with E-state index in [0.29, 0.717) is 24.6 Å². The summed E-state index contributed by atoms with van der Waals surface area (Å²) in [5.74, 6) is -0.608. The molecule has 2 heterocycles. The number of hydrogen-bond donors (Lipinski definition) is 0. The predicted molar refractivity (Wildman–Crippen MR) is 60.6 cm³/mol. The van der Waals surface area contributed by atoms with Gasteiger partial charge in [-0.15, -0.1) is 11.3 Å². The number of carbonyl (C=O) groups excluding carboxylic acids is 1. The van der Waals surface area contributed by atoms with Crippen molar-refractivity contribution in [3.05, 3.63) is 16.1 Å². The summed E-state index contributed by atoms with van der Waals surface area (Å²) < 4.78 is 11.0. The molecular formula is C11H15NO3S. The number of aromatic nitrogens is 1. The van der Waals surface area contributed by atoms with Crippen LogP contribution in [0.1, 0.15) is 41.4 Å². The number of Topliss-reactive ketones (excluding diaryl/α,β-unsaturated/α-hetero) is 1. The first kappa shape index (κ1) is 11.7. The number of thiazole rings is 1. The van der Waals surface area contributed by atoms with E-state index in [-0.39, 0.29) is 5.78 Å². The molecule has 5 heteroatoms. The van der Waals surface area contributed by atoms with Crippen molar-refractivity contribution in [2.24, 2.45) is 0 Å². The maximum Gasteiger partial charge on any atom is 0.203 e. The highest BCUT2D eigenvalue weighted by molar-refractivity contribution is 7.13. The van der Waals surface area contributed by atoms with Gasteiger partial charge in [0.1, 0.15) is 0 Å². The first-order chi connectivity index (χ1) is 7.65. The minimum absolute atomic E-state index is 0.0975. The molecule has 1 aromatic heterocycles. The van der Waals surface area contributed by atoms with Gasteiger partial charge in [0, 0.05) is 12.6 Å². The maximum absolute atomic E-state index is 11.6. The average Bonchev–Trinajstić information content (AvgIpc) is 2.86. The lowest BCUT2D eigenvalue weighted by Gasteiger charge is -2.19. The molecule has 88 valence electrons. The maximum atomic E-state index is 11.6. The van der Waals surface area contributed by atoms with Gasteiger partial charge in [0.25, 0.3) is 0 Å². The third-order valence-electron chi connectivity index (χ3n) is 2.51. The SMILES string of the molecule is CCCC(=O)c1ncc(C2(C)OCCO2)s1. The number of carbonyl (C=O) groups is 1. The van der Waals surface area contributed by atoms with Crippen LogP contribution >= 0.6 is 11.3 Å². The van der Waals surface area contributed by atoms with E-state index in [2.05, 4.69) is 4.98 Å². The largest absolute Gasteiger partial charge is 0.343 e. The fourth-order valence-corrected chi connectivity index (χ4v) is 2.54. The molecule has 0 amide bonds. The number of ether oxygens (including phenoxy) is 2. The second-order valence-electron chi connectivity index (χ2n) is 3.85. The molecule has 16 heavy (non-hydrogen) atoms. The van der Waals surface area contributed by atoms with Gasteiger partial charge in [-0.2, -0.15) is 0 Å². The van der Waals surface area contributed by atoms with Gasteiger partial charge in [-0.05, 0) is 13.3 Å². The highest BCUT2D eigenvalue weighted by Gasteiger charge is 2.35. The molecule has 1 aliphatic heterocycles. The van der Waals surface area contributed by atoms with Crippen LogP contribution in [0.15, 0.2) is 6.20 Å². The molecule has 1 saturated heterocycles. The fraction of sp³-hybridized carbons (Fsp3) is 0.636. The van der Waals surface area contributed by atoms with E-state index in [0.717, 1.165) is 11.3 Å². The lowest BCUT2D eigenvalue weighted by atomic mass is 10.2. The Morgan fingerprint density at radius 2 is 2.25 bits per heavy atom. The molecule has 4 nitrogen and oxygen atoms in total. The number of nitrogens with zero attached hydrogens (tertiary/aromatic N) is 1. The Bertz CT molecular complexity index is 382. The Labute approximate surface area is 98.6 Å². The summed E-state index contributed by atoms with van der Waals surface area (Å²) in [5, 5.41) is 0.553. The third-order valence-corrected chi connectivity index (χ3v) is 3.73. The van der Waals surface area contributed by atoms with Crippen LogP contribution in [0.25, 0.3) is 0 Å². The van der Waals surface area contributed by atoms with Crippen LogP contribution < -0.4 is 0 Å². The Morgan fingerprint density at radius 1 is 1.56 bits per heavy atom. The summed E-state index contributed by atoms with van der Waals surface area (Å²) in [5.41, 5.74) is 0. The number of hydrogen-bond acceptors (Lipinski definition) is 5. The molecule has 0 atom stereocenters. The summed E-state index contributed by atoms with van der Waals surface area (Å²) in [4.78, 5) is 16.6. The van der Waals surface area contributed by atoms with Gasteiger partial charge < -0.3 is 9.47 Å². The zero-order valence-electron chi connectivity index (χ0n) is 9.49. The number of ketones is 1. The normalized spacial score (nSPS) is 18.9. The van der Waals surface area contributed by atoms with Crippen LogP contribution in [0.5, 0.6) is 0 Å². The molecule has 0 aliphatic carbocycles. The molecule has 0 spiro atoms. The minimum Gasteiger partial charge on any atom is -0.343 e. The van der Waals surface area contributed by atoms with E-state index in [1.54, 1.807) is 6.20 Å². The predicted octanol–water partition coefficient (Wildman–Crippen LogP) is 2.35. The van der Waals surface area contributed by atoms with Gasteiger partial charge in [0.15, 0.2) is 10.8 Å². The monoisotopic (exact) mass is 241 g/mol. The van der Waals surface area contributed by atoms with Crippen molar-refractivity contribution in [3.63, 3.8) is 0 Å². The third kappa shape index (κ3) is 2.16. The zero-order chi connectivity index (χ0) is 11.6. The fourth-order valence-electron chi connectivity index (χ4n) is 1.60. The quantitative estimate of drug-likeness (QED) is 0.759. The standard InChI is InChI=1S/C11H15NO3S/c1-3-4-8(13)10-12-7-9(16-10)11(2)14-5-6-15-11/h7H,3-6H2,1-2H3. The topological polar surface area (TPSA) is 48.4 Å². The molecule has 2 rings (SSSR count). The van der Waals surface area contributed by atoms with Gasteiger partial charge in [0.2, 0.25) is 5.79 Å². The van der Waals surface area contributed by atoms with Crippen molar-refractivity contribution in [2.75, 3.05) is 13.2 Å². The summed E-state index contributed by atoms with van der Waals surface area (Å²) in [6.45, 7) is 5.03. The highest BCUT2D eigenvalue weighted by atomic mass is 32.1. The van der Waals surface area contributed by atoms with Crippen molar-refractivity contribution >= 4 is 17.1 Å². The minimum atomic E-state index is -0.706. The number of rotatable bonds is 4. The molecule has 0 aromatic carbocycles. The Balaban J connectivity index is 2.16. The van der Waals surface area contributed by atoms with Crippen LogP contribution in [0, 0.1) is 0 Å². The van der Waals surface area contributed by atoms with E-state index in [1.165, 1.54) is 11.3 Å². The highest BCUT2D eigenvalue weighted by Crippen LogP contribution is 2.34. The van der Waals surface area contributed by atoms with Crippen LogP contribution in [-0.4, -0.2) is 24.0 Å². The second kappa shape index (κ2) is 4.61. The summed E-state index contributed by atoms with van der Waals surface area (Å²) in [6.07, 6.45) is 3.07. The summed E-state index contributed by atoms with van der Waals surface area (Å²) in [6, 6.07) is 0. The molecule has 0 saturated carbocycles. The molecule has 0 bridgehead atoms. The van der Waals surface area contributed by atoms with Crippen molar-refractivity contribution in [3.8, 4) is 0 Å². The van der Waals surface area contributed by atoms with Gasteiger partial charge in [-0.25, -0.2) is 4.98 Å². The van der Waals surface area contributed by atoms with Crippen molar-refractivity contribution in [1.29, 1.82) is 0 Å². The first-order valence-corrected chi connectivity index (χ1v) is 6.25. The van der Waals surface area contributed by atoms with E-state index in [1.807, 2.05) is 13.8 Å². The molecule has 0 unspecified atom stereocenters. The Kier molecular flexibility index (Phi) is 3.37. The molecule has 0 N–H and O–H groups in total. The van der Waals surface area contributed by atoms with E-state index in [4.69, 9.17) is 9.47 Å². The van der Waals surface area contributed by atoms with Gasteiger partial charge >= 0.3 is 0 Å². The lowest BCUT2D eigenvalue weighted by molar-refractivity contribution is -0.147. The van der Waals surface area contributed by atoms with Crippen LogP contribution in [0.4, 0.5) is 0 Å². The summed E-state index contributed by atoms with van der Waals surface area (Å²) in [7, 11) is 0. The van der Waals surface area contributed by atoms with Crippen LogP contribution in [0.2, 0.25) is 0 Å². The van der Waals surface area contributed by atoms with E-state index >= 15 is 0 Å². The Morgan fingerprint density at radius 3 is 2.88 bits per heavy atom. The van der Waals surface area contributed by atoms with Gasteiger partial charge in [-0.3, -0.25) is 4.79 Å². The average molecular weight is 241 g/mol. The van der Waals surface area contributed by atoms with Crippen LogP contribution in [0.3, 0.4) is 0 Å². The second-order valence-corrected chi connectivity index (χ2v) is 4.88. The Hall–Kier alpha value is -0.780. The van der Waals surface area contributed by atoms with Gasteiger partial charge in [-0.1, -0.05) is 6.92 Å². The first-order valence-electron chi connectivity index (χ1n) is 5.43. The van der Waals surface area contributed by atoms with E-state index < -0.39 is 5.79 Å². The van der Waals surface area contributed by atoms with E-state index in [9.17, 15) is 4.79 Å². The van der Waals surface area contributed by atoms with Gasteiger partial charge in [0.05, 0.1) is 18.1 Å². The smallest absolute Gasteiger partial charge is 0.203 e. The molecular weight excluding hydrogens is 226 g/mol. The lowest BCUT2D eigenvalue weighted by Crippen LogP contribution is -2.20.